The lowest BCUT2D eigenvalue weighted by molar-refractivity contribution is 0.0520. The zero-order valence-electron chi connectivity index (χ0n) is 14.9. The van der Waals surface area contributed by atoms with E-state index in [1.165, 1.54) is 0 Å². The number of hydrogen-bond donors (Lipinski definition) is 1. The number of allylic oxidation sites excluding steroid dienone is 1. The molecular weight excluding hydrogens is 326 g/mol. The number of nitrogens with zero attached hydrogens (tertiary/aromatic N) is 4. The predicted molar refractivity (Wildman–Crippen MR) is 104 cm³/mol. The van der Waals surface area contributed by atoms with Crippen LogP contribution in [-0.2, 0) is 4.74 Å². The van der Waals surface area contributed by atoms with Crippen LogP contribution in [-0.4, -0.2) is 53.8 Å². The van der Waals surface area contributed by atoms with Crippen molar-refractivity contribution < 1.29 is 4.74 Å². The fourth-order valence-electron chi connectivity index (χ4n) is 3.21. The molecule has 0 bridgehead atoms. The number of morpholine rings is 1. The molecule has 0 radical (unpaired) electrons. The van der Waals surface area contributed by atoms with Crippen LogP contribution in [0.1, 0.15) is 11.3 Å². The average molecular weight is 349 g/mol. The summed E-state index contributed by atoms with van der Waals surface area (Å²) in [5, 5.41) is 7.53. The van der Waals surface area contributed by atoms with Gasteiger partial charge in [-0.1, -0.05) is 36.4 Å². The van der Waals surface area contributed by atoms with E-state index in [2.05, 4.69) is 61.4 Å². The van der Waals surface area contributed by atoms with Crippen molar-refractivity contribution in [2.75, 3.05) is 31.2 Å². The van der Waals surface area contributed by atoms with E-state index in [9.17, 15) is 0 Å². The monoisotopic (exact) mass is 349 g/mol. The van der Waals surface area contributed by atoms with Crippen LogP contribution in [0.4, 0.5) is 5.82 Å². The molecule has 26 heavy (non-hydrogen) atoms. The predicted octanol–water partition coefficient (Wildman–Crippen LogP) is 2.82. The standard InChI is InChI=1S/C20H23N5O/c1-16-15-19(23-22-16)25-18(8-7-17-5-3-2-4-6-17)21-10-9-20(25)24-11-13-26-14-12-24/h2-10,15,18H,11-14H2,1H3,(H,22,23)/b8-7+. The maximum atomic E-state index is 5.51. The number of nitrogens with one attached hydrogen (secondary N) is 1. The second-order valence-corrected chi connectivity index (χ2v) is 6.38. The Labute approximate surface area is 153 Å². The van der Waals surface area contributed by atoms with Crippen LogP contribution < -0.4 is 4.90 Å². The molecule has 1 aromatic carbocycles. The average Bonchev–Trinajstić information content (AvgIpc) is 3.13. The Kier molecular flexibility index (Phi) is 4.84. The van der Waals surface area contributed by atoms with E-state index < -0.39 is 0 Å². The number of anilines is 1. The SMILES string of the molecule is Cc1cc(N2C(N3CCOCC3)=CC=NC2/C=C/c2ccccc2)n[nH]1. The number of aromatic amines is 1. The Balaban J connectivity index is 1.65. The van der Waals surface area contributed by atoms with E-state index in [0.29, 0.717) is 0 Å². The Bertz CT molecular complexity index is 818. The first-order valence-corrected chi connectivity index (χ1v) is 8.92. The van der Waals surface area contributed by atoms with Crippen LogP contribution in [0, 0.1) is 6.92 Å². The van der Waals surface area contributed by atoms with Gasteiger partial charge in [-0.05, 0) is 24.6 Å². The molecular formula is C20H23N5O. The fraction of sp³-hybridized carbons (Fsp3) is 0.300. The zero-order valence-corrected chi connectivity index (χ0v) is 14.9. The minimum Gasteiger partial charge on any atom is -0.378 e. The lowest BCUT2D eigenvalue weighted by Gasteiger charge is -2.40. The smallest absolute Gasteiger partial charge is 0.158 e. The summed E-state index contributed by atoms with van der Waals surface area (Å²) < 4.78 is 5.51. The molecule has 0 saturated carbocycles. The molecule has 1 atom stereocenters. The Hall–Kier alpha value is -2.86. The van der Waals surface area contributed by atoms with Gasteiger partial charge in [0.05, 0.1) is 13.2 Å². The van der Waals surface area contributed by atoms with Gasteiger partial charge in [0.1, 0.15) is 12.0 Å². The van der Waals surface area contributed by atoms with Gasteiger partial charge in [0.25, 0.3) is 0 Å². The number of ether oxygens (including phenoxy) is 1. The van der Waals surface area contributed by atoms with Gasteiger partial charge in [-0.25, -0.2) is 0 Å². The number of benzene rings is 1. The van der Waals surface area contributed by atoms with E-state index >= 15 is 0 Å². The van der Waals surface area contributed by atoms with Crippen molar-refractivity contribution in [3.05, 3.63) is 65.6 Å². The van der Waals surface area contributed by atoms with E-state index in [4.69, 9.17) is 4.74 Å². The van der Waals surface area contributed by atoms with Gasteiger partial charge < -0.3 is 9.64 Å². The molecule has 1 fully saturated rings. The van der Waals surface area contributed by atoms with Gasteiger partial charge in [-0.3, -0.25) is 15.0 Å². The maximum absolute atomic E-state index is 5.51. The van der Waals surface area contributed by atoms with Gasteiger partial charge in [-0.2, -0.15) is 5.10 Å². The highest BCUT2D eigenvalue weighted by Gasteiger charge is 2.28. The van der Waals surface area contributed by atoms with Crippen molar-refractivity contribution in [2.45, 2.75) is 13.1 Å². The summed E-state index contributed by atoms with van der Waals surface area (Å²) in [5.41, 5.74) is 2.19. The normalized spacial score (nSPS) is 20.7. The van der Waals surface area contributed by atoms with Crippen LogP contribution >= 0.6 is 0 Å². The quantitative estimate of drug-likeness (QED) is 0.922. The van der Waals surface area contributed by atoms with Crippen molar-refractivity contribution in [1.82, 2.24) is 15.1 Å². The third kappa shape index (κ3) is 3.55. The van der Waals surface area contributed by atoms with E-state index in [1.54, 1.807) is 0 Å². The summed E-state index contributed by atoms with van der Waals surface area (Å²) in [4.78, 5) is 9.19. The molecule has 1 aromatic heterocycles. The summed E-state index contributed by atoms with van der Waals surface area (Å²) in [6.07, 6.45) is 8.03. The van der Waals surface area contributed by atoms with Gasteiger partial charge >= 0.3 is 0 Å². The molecule has 4 rings (SSSR count). The highest BCUT2D eigenvalue weighted by atomic mass is 16.5. The Morgan fingerprint density at radius 3 is 2.73 bits per heavy atom. The van der Waals surface area contributed by atoms with Crippen molar-refractivity contribution in [2.24, 2.45) is 4.99 Å². The van der Waals surface area contributed by atoms with Crippen molar-refractivity contribution in [1.29, 1.82) is 0 Å². The molecule has 0 spiro atoms. The first kappa shape index (κ1) is 16.6. The maximum Gasteiger partial charge on any atom is 0.158 e. The third-order valence-electron chi connectivity index (χ3n) is 4.51. The van der Waals surface area contributed by atoms with E-state index in [0.717, 1.165) is 49.2 Å². The molecule has 1 saturated heterocycles. The minimum atomic E-state index is -0.138. The largest absolute Gasteiger partial charge is 0.378 e. The molecule has 1 N–H and O–H groups in total. The number of aryl methyl sites for hydroxylation is 1. The Morgan fingerprint density at radius 2 is 2.00 bits per heavy atom. The van der Waals surface area contributed by atoms with Gasteiger partial charge in [0.2, 0.25) is 0 Å². The highest BCUT2D eigenvalue weighted by Crippen LogP contribution is 2.27. The lowest BCUT2D eigenvalue weighted by Crippen LogP contribution is -2.46. The van der Waals surface area contributed by atoms with Crippen LogP contribution in [0.15, 0.2) is 59.4 Å². The number of hydrogen-bond acceptors (Lipinski definition) is 5. The molecule has 0 amide bonds. The van der Waals surface area contributed by atoms with Crippen LogP contribution in [0.25, 0.3) is 6.08 Å². The second kappa shape index (κ2) is 7.58. The topological polar surface area (TPSA) is 56.8 Å². The molecule has 2 aromatic rings. The number of H-pyrrole nitrogens is 1. The summed E-state index contributed by atoms with van der Waals surface area (Å²) in [6, 6.07) is 12.3. The first-order chi connectivity index (χ1) is 12.8. The number of aromatic nitrogens is 2. The molecule has 6 nitrogen and oxygen atoms in total. The summed E-state index contributed by atoms with van der Waals surface area (Å²) in [5.74, 6) is 1.98. The summed E-state index contributed by atoms with van der Waals surface area (Å²) in [6.45, 7) is 5.24. The molecule has 134 valence electrons. The minimum absolute atomic E-state index is 0.138. The fourth-order valence-corrected chi connectivity index (χ4v) is 3.21. The zero-order chi connectivity index (χ0) is 17.8. The van der Waals surface area contributed by atoms with Gasteiger partial charge in [-0.15, -0.1) is 0 Å². The molecule has 2 aliphatic rings. The highest BCUT2D eigenvalue weighted by molar-refractivity contribution is 5.77. The summed E-state index contributed by atoms with van der Waals surface area (Å²) in [7, 11) is 0. The molecule has 1 unspecified atom stereocenters. The van der Waals surface area contributed by atoms with Gasteiger partial charge in [0, 0.05) is 31.1 Å². The van der Waals surface area contributed by atoms with Crippen LogP contribution in [0.5, 0.6) is 0 Å². The molecule has 6 heteroatoms. The van der Waals surface area contributed by atoms with Crippen molar-refractivity contribution in [3.63, 3.8) is 0 Å². The van der Waals surface area contributed by atoms with Crippen LogP contribution in [0.2, 0.25) is 0 Å². The van der Waals surface area contributed by atoms with Gasteiger partial charge in [0.15, 0.2) is 5.82 Å². The lowest BCUT2D eigenvalue weighted by atomic mass is 10.2. The molecule has 3 heterocycles. The van der Waals surface area contributed by atoms with E-state index in [1.807, 2.05) is 31.3 Å². The van der Waals surface area contributed by atoms with Crippen molar-refractivity contribution in [3.8, 4) is 0 Å². The second-order valence-electron chi connectivity index (χ2n) is 6.38. The first-order valence-electron chi connectivity index (χ1n) is 8.92. The summed E-state index contributed by atoms with van der Waals surface area (Å²) >= 11 is 0. The van der Waals surface area contributed by atoms with Crippen molar-refractivity contribution >= 4 is 18.1 Å². The van der Waals surface area contributed by atoms with E-state index in [-0.39, 0.29) is 6.17 Å². The molecule has 0 aliphatic carbocycles. The Morgan fingerprint density at radius 1 is 1.19 bits per heavy atom. The third-order valence-corrected chi connectivity index (χ3v) is 4.51. The number of aliphatic imine (C=N–C) groups is 1. The molecule has 2 aliphatic heterocycles. The van der Waals surface area contributed by atoms with Crippen LogP contribution in [0.3, 0.4) is 0 Å². The number of rotatable bonds is 4.